The standard InChI is InChI=1S/C14H12N4O3S2/c19-11(17-5-9(6-17)21-14-15-2-4-23-14)7-18-8-16-12-10(13(18)20)1-3-22-12/h1-4,8-9H,5-7H2. The molecule has 0 aromatic carbocycles. The number of hydrogen-bond acceptors (Lipinski definition) is 7. The van der Waals surface area contributed by atoms with Gasteiger partial charge in [-0.2, -0.15) is 0 Å². The first-order chi connectivity index (χ1) is 11.2. The lowest BCUT2D eigenvalue weighted by molar-refractivity contribution is -0.140. The number of rotatable bonds is 4. The fraction of sp³-hybridized carbons (Fsp3) is 0.286. The van der Waals surface area contributed by atoms with Crippen LogP contribution in [0.5, 0.6) is 5.19 Å². The summed E-state index contributed by atoms with van der Waals surface area (Å²) in [6.45, 7) is 1.03. The van der Waals surface area contributed by atoms with Gasteiger partial charge in [-0.05, 0) is 11.4 Å². The highest BCUT2D eigenvalue weighted by Crippen LogP contribution is 2.20. The van der Waals surface area contributed by atoms with Crippen LogP contribution in [-0.4, -0.2) is 44.5 Å². The molecule has 1 fully saturated rings. The molecule has 3 aromatic heterocycles. The number of thiazole rings is 1. The third-order valence-electron chi connectivity index (χ3n) is 3.63. The molecule has 0 N–H and O–H groups in total. The van der Waals surface area contributed by atoms with E-state index in [4.69, 9.17) is 4.74 Å². The van der Waals surface area contributed by atoms with E-state index in [2.05, 4.69) is 9.97 Å². The Kier molecular flexibility index (Phi) is 3.58. The van der Waals surface area contributed by atoms with Gasteiger partial charge in [-0.15, -0.1) is 11.3 Å². The van der Waals surface area contributed by atoms with Crippen molar-refractivity contribution in [3.8, 4) is 5.19 Å². The van der Waals surface area contributed by atoms with E-state index in [1.54, 1.807) is 17.2 Å². The normalized spacial score (nSPS) is 14.9. The van der Waals surface area contributed by atoms with E-state index < -0.39 is 0 Å². The van der Waals surface area contributed by atoms with Gasteiger partial charge in [-0.25, -0.2) is 9.97 Å². The minimum absolute atomic E-state index is 0.00158. The summed E-state index contributed by atoms with van der Waals surface area (Å²) in [7, 11) is 0. The fourth-order valence-corrected chi connectivity index (χ4v) is 3.65. The molecule has 0 atom stereocenters. The Morgan fingerprint density at radius 2 is 2.17 bits per heavy atom. The molecule has 9 heteroatoms. The number of fused-ring (bicyclic) bond motifs is 1. The van der Waals surface area contributed by atoms with Gasteiger partial charge in [0.1, 0.15) is 17.5 Å². The summed E-state index contributed by atoms with van der Waals surface area (Å²) in [5.74, 6) is -0.109. The zero-order chi connectivity index (χ0) is 15.8. The molecule has 1 aliphatic heterocycles. The highest BCUT2D eigenvalue weighted by atomic mass is 32.1. The predicted molar refractivity (Wildman–Crippen MR) is 87.0 cm³/mol. The maximum absolute atomic E-state index is 12.3. The number of ether oxygens (including phenoxy) is 1. The van der Waals surface area contributed by atoms with E-state index in [1.165, 1.54) is 33.6 Å². The van der Waals surface area contributed by atoms with E-state index in [-0.39, 0.29) is 24.1 Å². The molecule has 4 rings (SSSR count). The summed E-state index contributed by atoms with van der Waals surface area (Å²) >= 11 is 2.84. The number of carbonyl (C=O) groups excluding carboxylic acids is 1. The second kappa shape index (κ2) is 5.74. The van der Waals surface area contributed by atoms with E-state index >= 15 is 0 Å². The van der Waals surface area contributed by atoms with Crippen LogP contribution in [0.4, 0.5) is 0 Å². The van der Waals surface area contributed by atoms with Gasteiger partial charge in [0, 0.05) is 11.6 Å². The smallest absolute Gasteiger partial charge is 0.273 e. The summed E-state index contributed by atoms with van der Waals surface area (Å²) < 4.78 is 6.98. The summed E-state index contributed by atoms with van der Waals surface area (Å²) in [5, 5.41) is 4.84. The van der Waals surface area contributed by atoms with Gasteiger partial charge in [-0.3, -0.25) is 14.2 Å². The van der Waals surface area contributed by atoms with Gasteiger partial charge in [0.2, 0.25) is 5.91 Å². The van der Waals surface area contributed by atoms with Crippen LogP contribution in [0.15, 0.2) is 34.1 Å². The van der Waals surface area contributed by atoms with Gasteiger partial charge in [-0.1, -0.05) is 11.3 Å². The van der Waals surface area contributed by atoms with E-state index in [0.717, 1.165) is 0 Å². The van der Waals surface area contributed by atoms with Crippen LogP contribution in [0, 0.1) is 0 Å². The highest BCUT2D eigenvalue weighted by Gasteiger charge is 2.32. The molecular formula is C14H12N4O3S2. The summed E-state index contributed by atoms with van der Waals surface area (Å²) in [6.07, 6.45) is 3.09. The molecule has 4 heterocycles. The number of hydrogen-bond donors (Lipinski definition) is 0. The Hall–Kier alpha value is -2.26. The molecular weight excluding hydrogens is 336 g/mol. The molecule has 0 spiro atoms. The van der Waals surface area contributed by atoms with Gasteiger partial charge in [0.25, 0.3) is 10.8 Å². The lowest BCUT2D eigenvalue weighted by atomic mass is 10.1. The highest BCUT2D eigenvalue weighted by molar-refractivity contribution is 7.16. The second-order valence-electron chi connectivity index (χ2n) is 5.15. The Morgan fingerprint density at radius 1 is 1.30 bits per heavy atom. The zero-order valence-corrected chi connectivity index (χ0v) is 13.5. The molecule has 7 nitrogen and oxygen atoms in total. The van der Waals surface area contributed by atoms with E-state index in [1.807, 2.05) is 10.8 Å². The zero-order valence-electron chi connectivity index (χ0n) is 11.9. The Balaban J connectivity index is 1.38. The summed E-state index contributed by atoms with van der Waals surface area (Å²) in [6, 6.07) is 1.73. The van der Waals surface area contributed by atoms with Crippen molar-refractivity contribution in [1.29, 1.82) is 0 Å². The number of aromatic nitrogens is 3. The van der Waals surface area contributed by atoms with Crippen LogP contribution in [0.2, 0.25) is 0 Å². The first-order valence-electron chi connectivity index (χ1n) is 6.97. The molecule has 1 amide bonds. The van der Waals surface area contributed by atoms with E-state index in [0.29, 0.717) is 28.5 Å². The van der Waals surface area contributed by atoms with Crippen molar-refractivity contribution in [2.24, 2.45) is 0 Å². The number of thiophene rings is 1. The Morgan fingerprint density at radius 3 is 2.96 bits per heavy atom. The van der Waals surface area contributed by atoms with Gasteiger partial charge >= 0.3 is 0 Å². The third kappa shape index (κ3) is 2.73. The van der Waals surface area contributed by atoms with E-state index in [9.17, 15) is 9.59 Å². The predicted octanol–water partition coefficient (Wildman–Crippen LogP) is 1.20. The minimum Gasteiger partial charge on any atom is -0.463 e. The van der Waals surface area contributed by atoms with Crippen LogP contribution in [-0.2, 0) is 11.3 Å². The van der Waals surface area contributed by atoms with Crippen LogP contribution >= 0.6 is 22.7 Å². The van der Waals surface area contributed by atoms with Crippen molar-refractivity contribution in [1.82, 2.24) is 19.4 Å². The molecule has 0 unspecified atom stereocenters. The number of carbonyl (C=O) groups is 1. The first kappa shape index (κ1) is 14.3. The number of amides is 1. The number of likely N-dealkylation sites (tertiary alicyclic amines) is 1. The molecule has 0 aliphatic carbocycles. The third-order valence-corrected chi connectivity index (χ3v) is 5.12. The van der Waals surface area contributed by atoms with Gasteiger partial charge in [0.15, 0.2) is 0 Å². The minimum atomic E-state index is -0.180. The molecule has 23 heavy (non-hydrogen) atoms. The molecule has 0 radical (unpaired) electrons. The van der Waals surface area contributed by atoms with Crippen molar-refractivity contribution in [2.75, 3.05) is 13.1 Å². The molecule has 118 valence electrons. The summed E-state index contributed by atoms with van der Waals surface area (Å²) in [4.78, 5) is 35.1. The lowest BCUT2D eigenvalue weighted by Gasteiger charge is -2.38. The topological polar surface area (TPSA) is 77.3 Å². The van der Waals surface area contributed by atoms with Crippen molar-refractivity contribution in [3.05, 3.63) is 39.7 Å². The average molecular weight is 348 g/mol. The molecule has 3 aromatic rings. The number of nitrogens with zero attached hydrogens (tertiary/aromatic N) is 4. The fourth-order valence-electron chi connectivity index (χ4n) is 2.38. The molecule has 0 bridgehead atoms. The van der Waals surface area contributed by atoms with Crippen LogP contribution in [0.1, 0.15) is 0 Å². The Bertz CT molecular complexity index is 896. The monoisotopic (exact) mass is 348 g/mol. The van der Waals surface area contributed by atoms with Gasteiger partial charge in [0.05, 0.1) is 24.8 Å². The molecule has 1 aliphatic rings. The maximum atomic E-state index is 12.3. The van der Waals surface area contributed by atoms with Gasteiger partial charge < -0.3 is 9.64 Å². The maximum Gasteiger partial charge on any atom is 0.273 e. The molecule has 1 saturated heterocycles. The van der Waals surface area contributed by atoms with Crippen molar-refractivity contribution in [3.63, 3.8) is 0 Å². The van der Waals surface area contributed by atoms with Crippen molar-refractivity contribution < 1.29 is 9.53 Å². The SMILES string of the molecule is O=C(Cn1cnc2sccc2c1=O)N1CC(Oc2nccs2)C1. The summed E-state index contributed by atoms with van der Waals surface area (Å²) in [5.41, 5.74) is -0.180. The lowest BCUT2D eigenvalue weighted by Crippen LogP contribution is -2.57. The quantitative estimate of drug-likeness (QED) is 0.708. The van der Waals surface area contributed by atoms with Crippen LogP contribution in [0.25, 0.3) is 10.2 Å². The Labute approximate surface area is 138 Å². The van der Waals surface area contributed by atoms with Crippen LogP contribution in [0.3, 0.4) is 0 Å². The second-order valence-corrected chi connectivity index (χ2v) is 6.91. The largest absolute Gasteiger partial charge is 0.463 e. The van der Waals surface area contributed by atoms with Crippen molar-refractivity contribution >= 4 is 38.8 Å². The van der Waals surface area contributed by atoms with Crippen LogP contribution < -0.4 is 10.3 Å². The first-order valence-corrected chi connectivity index (χ1v) is 8.73. The van der Waals surface area contributed by atoms with Crippen molar-refractivity contribution in [2.45, 2.75) is 12.6 Å². The average Bonchev–Trinajstić information content (AvgIpc) is 3.16. The molecule has 0 saturated carbocycles.